The third kappa shape index (κ3) is 1.88. The van der Waals surface area contributed by atoms with E-state index >= 15 is 0 Å². The van der Waals surface area contributed by atoms with Gasteiger partial charge >= 0.3 is 5.97 Å². The van der Waals surface area contributed by atoms with Crippen LogP contribution in [0, 0.1) is 0 Å². The van der Waals surface area contributed by atoms with Crippen LogP contribution in [0.2, 0.25) is 0 Å². The standard InChI is InChI=1S/C12H14O4/c1-2-15-12(14)10(13)9-5-3-4-8-6-7-16-11(8)9/h3-5,10,13H,2,6-7H2,1H3. The van der Waals surface area contributed by atoms with Crippen molar-refractivity contribution >= 4 is 5.97 Å². The number of benzene rings is 1. The van der Waals surface area contributed by atoms with Crippen LogP contribution >= 0.6 is 0 Å². The molecule has 0 saturated carbocycles. The molecule has 0 fully saturated rings. The molecule has 86 valence electrons. The van der Waals surface area contributed by atoms with E-state index in [0.29, 0.717) is 17.9 Å². The number of hydrogen-bond donors (Lipinski definition) is 1. The summed E-state index contributed by atoms with van der Waals surface area (Å²) in [7, 11) is 0. The van der Waals surface area contributed by atoms with Crippen molar-refractivity contribution in [1.29, 1.82) is 0 Å². The molecule has 1 aromatic rings. The molecule has 0 saturated heterocycles. The van der Waals surface area contributed by atoms with Crippen LogP contribution in [-0.4, -0.2) is 24.3 Å². The highest BCUT2D eigenvalue weighted by Gasteiger charge is 2.26. The monoisotopic (exact) mass is 222 g/mol. The Bertz CT molecular complexity index is 400. The lowest BCUT2D eigenvalue weighted by atomic mass is 10.0. The number of aliphatic hydroxyl groups excluding tert-OH is 1. The third-order valence-corrected chi connectivity index (χ3v) is 2.55. The Morgan fingerprint density at radius 2 is 2.44 bits per heavy atom. The number of ether oxygens (including phenoxy) is 2. The van der Waals surface area contributed by atoms with E-state index in [1.165, 1.54) is 0 Å². The second-order valence-electron chi connectivity index (χ2n) is 3.59. The van der Waals surface area contributed by atoms with Crippen LogP contribution in [0.4, 0.5) is 0 Å². The summed E-state index contributed by atoms with van der Waals surface area (Å²) in [6.07, 6.45) is -0.438. The average Bonchev–Trinajstić information content (AvgIpc) is 2.76. The molecule has 0 spiro atoms. The largest absolute Gasteiger partial charge is 0.493 e. The van der Waals surface area contributed by atoms with Crippen LogP contribution in [0.5, 0.6) is 5.75 Å². The normalized spacial score (nSPS) is 15.1. The Balaban J connectivity index is 2.27. The van der Waals surface area contributed by atoms with Gasteiger partial charge in [0, 0.05) is 12.0 Å². The Labute approximate surface area is 93.8 Å². The Kier molecular flexibility index (Phi) is 3.10. The molecule has 1 heterocycles. The van der Waals surface area contributed by atoms with Crippen molar-refractivity contribution < 1.29 is 19.4 Å². The first-order valence-electron chi connectivity index (χ1n) is 5.33. The zero-order valence-electron chi connectivity index (χ0n) is 9.10. The van der Waals surface area contributed by atoms with E-state index in [1.807, 2.05) is 12.1 Å². The lowest BCUT2D eigenvalue weighted by molar-refractivity contribution is -0.153. The summed E-state index contributed by atoms with van der Waals surface area (Å²) in [5.41, 5.74) is 1.52. The maximum Gasteiger partial charge on any atom is 0.339 e. The zero-order chi connectivity index (χ0) is 11.5. The number of fused-ring (bicyclic) bond motifs is 1. The van der Waals surface area contributed by atoms with Gasteiger partial charge in [0.15, 0.2) is 6.10 Å². The minimum Gasteiger partial charge on any atom is -0.493 e. The highest BCUT2D eigenvalue weighted by Crippen LogP contribution is 2.33. The van der Waals surface area contributed by atoms with Crippen LogP contribution in [0.1, 0.15) is 24.2 Å². The molecule has 0 amide bonds. The quantitative estimate of drug-likeness (QED) is 0.781. The number of esters is 1. The van der Waals surface area contributed by atoms with E-state index in [1.54, 1.807) is 13.0 Å². The number of hydrogen-bond acceptors (Lipinski definition) is 4. The Hall–Kier alpha value is -1.55. The van der Waals surface area contributed by atoms with Crippen LogP contribution in [-0.2, 0) is 16.0 Å². The highest BCUT2D eigenvalue weighted by molar-refractivity contribution is 5.77. The van der Waals surface area contributed by atoms with E-state index in [-0.39, 0.29) is 6.61 Å². The summed E-state index contributed by atoms with van der Waals surface area (Å²) in [4.78, 5) is 11.4. The predicted molar refractivity (Wildman–Crippen MR) is 57.2 cm³/mol. The molecule has 0 radical (unpaired) electrons. The van der Waals surface area contributed by atoms with Crippen LogP contribution in [0.15, 0.2) is 18.2 Å². The maximum absolute atomic E-state index is 11.4. The summed E-state index contributed by atoms with van der Waals surface area (Å²) < 4.78 is 10.2. The lowest BCUT2D eigenvalue weighted by Gasteiger charge is -2.13. The van der Waals surface area contributed by atoms with Gasteiger partial charge in [0.2, 0.25) is 0 Å². The molecule has 4 heteroatoms. The second-order valence-corrected chi connectivity index (χ2v) is 3.59. The molecule has 2 rings (SSSR count). The van der Waals surface area contributed by atoms with Crippen molar-refractivity contribution in [1.82, 2.24) is 0 Å². The van der Waals surface area contributed by atoms with Gasteiger partial charge in [-0.05, 0) is 12.5 Å². The summed E-state index contributed by atoms with van der Waals surface area (Å²) in [5, 5.41) is 9.83. The summed E-state index contributed by atoms with van der Waals surface area (Å²) >= 11 is 0. The zero-order valence-corrected chi connectivity index (χ0v) is 9.10. The number of para-hydroxylation sites is 1. The topological polar surface area (TPSA) is 55.8 Å². The molecule has 1 aromatic carbocycles. The summed E-state index contributed by atoms with van der Waals surface area (Å²) in [5.74, 6) is -0.00514. The minimum atomic E-state index is -1.26. The molecule has 4 nitrogen and oxygen atoms in total. The van der Waals surface area contributed by atoms with E-state index in [0.717, 1.165) is 12.0 Å². The predicted octanol–water partition coefficient (Wildman–Crippen LogP) is 1.22. The minimum absolute atomic E-state index is 0.256. The first-order valence-corrected chi connectivity index (χ1v) is 5.33. The van der Waals surface area contributed by atoms with Gasteiger partial charge < -0.3 is 14.6 Å². The smallest absolute Gasteiger partial charge is 0.339 e. The summed E-state index contributed by atoms with van der Waals surface area (Å²) in [6, 6.07) is 5.43. The van der Waals surface area contributed by atoms with E-state index in [2.05, 4.69) is 0 Å². The Morgan fingerprint density at radius 1 is 1.62 bits per heavy atom. The van der Waals surface area contributed by atoms with Crippen molar-refractivity contribution in [2.75, 3.05) is 13.2 Å². The van der Waals surface area contributed by atoms with Gasteiger partial charge in [0.05, 0.1) is 13.2 Å². The third-order valence-electron chi connectivity index (χ3n) is 2.55. The van der Waals surface area contributed by atoms with Crippen molar-refractivity contribution in [3.63, 3.8) is 0 Å². The maximum atomic E-state index is 11.4. The second kappa shape index (κ2) is 4.53. The van der Waals surface area contributed by atoms with Crippen molar-refractivity contribution in [2.24, 2.45) is 0 Å². The number of carbonyl (C=O) groups excluding carboxylic acids is 1. The van der Waals surface area contributed by atoms with Gasteiger partial charge in [-0.3, -0.25) is 0 Å². The van der Waals surface area contributed by atoms with E-state index < -0.39 is 12.1 Å². The molecule has 1 aliphatic rings. The fraction of sp³-hybridized carbons (Fsp3) is 0.417. The van der Waals surface area contributed by atoms with E-state index in [4.69, 9.17) is 9.47 Å². The average molecular weight is 222 g/mol. The van der Waals surface area contributed by atoms with Gasteiger partial charge in [-0.25, -0.2) is 4.79 Å². The molecule has 0 bridgehead atoms. The first kappa shape index (κ1) is 11.0. The number of carbonyl (C=O) groups is 1. The summed E-state index contributed by atoms with van der Waals surface area (Å²) in [6.45, 7) is 2.56. The fourth-order valence-corrected chi connectivity index (χ4v) is 1.80. The molecule has 0 aliphatic carbocycles. The van der Waals surface area contributed by atoms with Gasteiger partial charge in [-0.2, -0.15) is 0 Å². The lowest BCUT2D eigenvalue weighted by Crippen LogP contribution is -2.16. The Morgan fingerprint density at radius 3 is 3.19 bits per heavy atom. The molecular formula is C12H14O4. The van der Waals surface area contributed by atoms with Gasteiger partial charge in [-0.1, -0.05) is 18.2 Å². The van der Waals surface area contributed by atoms with Crippen LogP contribution in [0.3, 0.4) is 0 Å². The highest BCUT2D eigenvalue weighted by atomic mass is 16.5. The van der Waals surface area contributed by atoms with Crippen LogP contribution in [0.25, 0.3) is 0 Å². The molecular weight excluding hydrogens is 208 g/mol. The van der Waals surface area contributed by atoms with Crippen molar-refractivity contribution in [2.45, 2.75) is 19.4 Å². The van der Waals surface area contributed by atoms with Crippen LogP contribution < -0.4 is 4.74 Å². The number of aliphatic hydroxyl groups is 1. The molecule has 16 heavy (non-hydrogen) atoms. The van der Waals surface area contributed by atoms with Crippen molar-refractivity contribution in [3.05, 3.63) is 29.3 Å². The van der Waals surface area contributed by atoms with E-state index in [9.17, 15) is 9.90 Å². The van der Waals surface area contributed by atoms with Gasteiger partial charge in [-0.15, -0.1) is 0 Å². The van der Waals surface area contributed by atoms with Crippen molar-refractivity contribution in [3.8, 4) is 5.75 Å². The fourth-order valence-electron chi connectivity index (χ4n) is 1.80. The molecule has 1 N–H and O–H groups in total. The molecule has 1 unspecified atom stereocenters. The van der Waals surface area contributed by atoms with Gasteiger partial charge in [0.1, 0.15) is 5.75 Å². The van der Waals surface area contributed by atoms with Gasteiger partial charge in [0.25, 0.3) is 0 Å². The molecule has 1 atom stereocenters. The first-order chi connectivity index (χ1) is 7.74. The SMILES string of the molecule is CCOC(=O)C(O)c1cccc2c1OCC2. The molecule has 0 aromatic heterocycles. The molecule has 1 aliphatic heterocycles. The number of rotatable bonds is 3.